The van der Waals surface area contributed by atoms with E-state index in [1.54, 1.807) is 0 Å². The maximum absolute atomic E-state index is 11.3. The van der Waals surface area contributed by atoms with Crippen molar-refractivity contribution in [3.05, 3.63) is 18.3 Å². The van der Waals surface area contributed by atoms with Gasteiger partial charge in [-0.3, -0.25) is 0 Å². The molecule has 0 atom stereocenters. The topological polar surface area (TPSA) is 71.4 Å². The van der Waals surface area contributed by atoms with E-state index < -0.39 is 10.0 Å². The predicted molar refractivity (Wildman–Crippen MR) is 48.3 cm³/mol. The fraction of sp³-hybridized carbons (Fsp3) is 0. The molecule has 0 fully saturated rings. The monoisotopic (exact) mass is 217 g/mol. The average Bonchev–Trinajstić information content (AvgIpc) is 2.02. The van der Waals surface area contributed by atoms with E-state index in [4.69, 9.17) is 11.6 Å². The van der Waals surface area contributed by atoms with Crippen LogP contribution in [0.25, 0.3) is 0 Å². The van der Waals surface area contributed by atoms with Gasteiger partial charge in [-0.05, 0) is 23.7 Å². The number of amidine groups is 1. The quantitative estimate of drug-likeness (QED) is 0.653. The van der Waals surface area contributed by atoms with E-state index in [0.717, 1.165) is 0 Å². The standard InChI is InChI=1S/C6H4ClN3O2S/c7-6-9-5-4(2-1-3-8-5)13(11,12)10-6/h1-3H,(H,8,9,10). The Bertz CT molecular complexity index is 482. The first-order valence-electron chi connectivity index (χ1n) is 3.32. The Kier molecular flexibility index (Phi) is 1.74. The molecule has 1 aromatic heterocycles. The van der Waals surface area contributed by atoms with Crippen LogP contribution in [0.5, 0.6) is 0 Å². The SMILES string of the molecule is O=S1(=O)N=C(Cl)Nc2ncccc21. The van der Waals surface area contributed by atoms with Gasteiger partial charge in [-0.25, -0.2) is 4.98 Å². The third kappa shape index (κ3) is 1.38. The van der Waals surface area contributed by atoms with Crippen molar-refractivity contribution in [2.45, 2.75) is 4.90 Å². The lowest BCUT2D eigenvalue weighted by molar-refractivity contribution is 0.597. The molecule has 0 spiro atoms. The highest BCUT2D eigenvalue weighted by molar-refractivity contribution is 7.90. The number of nitrogens with one attached hydrogen (secondary N) is 1. The van der Waals surface area contributed by atoms with E-state index in [0.29, 0.717) is 0 Å². The Labute approximate surface area is 79.5 Å². The summed E-state index contributed by atoms with van der Waals surface area (Å²) in [6.45, 7) is 0. The van der Waals surface area contributed by atoms with Crippen molar-refractivity contribution in [2.24, 2.45) is 4.40 Å². The van der Waals surface area contributed by atoms with Crippen LogP contribution < -0.4 is 5.32 Å². The molecule has 7 heteroatoms. The number of pyridine rings is 1. The first-order valence-corrected chi connectivity index (χ1v) is 5.14. The van der Waals surface area contributed by atoms with E-state index >= 15 is 0 Å². The summed E-state index contributed by atoms with van der Waals surface area (Å²) in [7, 11) is -3.66. The van der Waals surface area contributed by atoms with E-state index in [9.17, 15) is 8.42 Å². The maximum atomic E-state index is 11.3. The molecule has 0 saturated carbocycles. The zero-order valence-electron chi connectivity index (χ0n) is 6.23. The van der Waals surface area contributed by atoms with E-state index in [1.807, 2.05) is 0 Å². The Morgan fingerprint density at radius 3 is 3.00 bits per heavy atom. The van der Waals surface area contributed by atoms with E-state index in [-0.39, 0.29) is 16.0 Å². The normalized spacial score (nSPS) is 18.4. The number of rotatable bonds is 0. The molecular formula is C6H4ClN3O2S. The van der Waals surface area contributed by atoms with Crippen LogP contribution in [0.4, 0.5) is 5.82 Å². The fourth-order valence-electron chi connectivity index (χ4n) is 0.968. The van der Waals surface area contributed by atoms with Crippen LogP contribution in [0, 0.1) is 0 Å². The number of fused-ring (bicyclic) bond motifs is 1. The zero-order valence-corrected chi connectivity index (χ0v) is 7.80. The molecule has 0 saturated heterocycles. The molecule has 1 N–H and O–H groups in total. The maximum Gasteiger partial charge on any atom is 0.288 e. The number of sulfonamides is 1. The zero-order chi connectivity index (χ0) is 9.47. The van der Waals surface area contributed by atoms with Gasteiger partial charge >= 0.3 is 0 Å². The highest BCUT2D eigenvalue weighted by Gasteiger charge is 2.24. The van der Waals surface area contributed by atoms with Crippen LogP contribution in [-0.2, 0) is 10.0 Å². The Hall–Kier alpha value is -1.14. The summed E-state index contributed by atoms with van der Waals surface area (Å²) < 4.78 is 25.9. The summed E-state index contributed by atoms with van der Waals surface area (Å²) in [6.07, 6.45) is 1.47. The average molecular weight is 218 g/mol. The smallest absolute Gasteiger partial charge is 0.288 e. The molecular weight excluding hydrogens is 214 g/mol. The van der Waals surface area contributed by atoms with Crippen molar-refractivity contribution >= 4 is 32.7 Å². The lowest BCUT2D eigenvalue weighted by atomic mass is 10.4. The summed E-state index contributed by atoms with van der Waals surface area (Å²) in [5.41, 5.74) is 0. The van der Waals surface area contributed by atoms with Crippen LogP contribution in [0.15, 0.2) is 27.6 Å². The lowest BCUT2D eigenvalue weighted by Gasteiger charge is -2.12. The first-order chi connectivity index (χ1) is 6.09. The molecule has 5 nitrogen and oxygen atoms in total. The molecule has 0 radical (unpaired) electrons. The van der Waals surface area contributed by atoms with Crippen LogP contribution in [0.3, 0.4) is 0 Å². The van der Waals surface area contributed by atoms with Gasteiger partial charge in [0.15, 0.2) is 5.82 Å². The van der Waals surface area contributed by atoms with Crippen molar-refractivity contribution in [1.29, 1.82) is 0 Å². The Morgan fingerprint density at radius 1 is 1.46 bits per heavy atom. The molecule has 13 heavy (non-hydrogen) atoms. The van der Waals surface area contributed by atoms with Crippen LogP contribution in [0.1, 0.15) is 0 Å². The van der Waals surface area contributed by atoms with Gasteiger partial charge in [-0.1, -0.05) is 0 Å². The summed E-state index contributed by atoms with van der Waals surface area (Å²) in [5.74, 6) is 0.211. The van der Waals surface area contributed by atoms with E-state index in [1.165, 1.54) is 18.3 Å². The second-order valence-electron chi connectivity index (χ2n) is 2.33. The van der Waals surface area contributed by atoms with Crippen LogP contribution in [0.2, 0.25) is 0 Å². The minimum Gasteiger partial charge on any atom is -0.313 e. The molecule has 0 aromatic carbocycles. The Balaban J connectivity index is 2.73. The van der Waals surface area contributed by atoms with Crippen molar-refractivity contribution in [3.8, 4) is 0 Å². The van der Waals surface area contributed by atoms with Gasteiger partial charge in [0.2, 0.25) is 5.29 Å². The Morgan fingerprint density at radius 2 is 2.23 bits per heavy atom. The number of hydrogen-bond donors (Lipinski definition) is 1. The second-order valence-corrected chi connectivity index (χ2v) is 4.26. The number of aromatic nitrogens is 1. The molecule has 2 rings (SSSR count). The van der Waals surface area contributed by atoms with Crippen molar-refractivity contribution in [3.63, 3.8) is 0 Å². The summed E-state index contributed by atoms with van der Waals surface area (Å²) >= 11 is 5.45. The summed E-state index contributed by atoms with van der Waals surface area (Å²) in [4.78, 5) is 3.85. The van der Waals surface area contributed by atoms with E-state index in [2.05, 4.69) is 14.7 Å². The molecule has 1 aromatic rings. The van der Waals surface area contributed by atoms with Crippen molar-refractivity contribution < 1.29 is 8.42 Å². The van der Waals surface area contributed by atoms with Gasteiger partial charge in [0.25, 0.3) is 10.0 Å². The molecule has 0 aliphatic carbocycles. The van der Waals surface area contributed by atoms with Gasteiger partial charge < -0.3 is 5.32 Å². The molecule has 0 unspecified atom stereocenters. The minimum absolute atomic E-state index is 0.0411. The summed E-state index contributed by atoms with van der Waals surface area (Å²) in [5, 5.41) is 2.35. The van der Waals surface area contributed by atoms with Gasteiger partial charge in [0.05, 0.1) is 0 Å². The highest BCUT2D eigenvalue weighted by Crippen LogP contribution is 2.24. The largest absolute Gasteiger partial charge is 0.313 e. The van der Waals surface area contributed by atoms with Gasteiger partial charge in [0, 0.05) is 6.20 Å². The van der Waals surface area contributed by atoms with Crippen molar-refractivity contribution in [1.82, 2.24) is 4.98 Å². The van der Waals surface area contributed by atoms with Gasteiger partial charge in [-0.2, -0.15) is 8.42 Å². The molecule has 0 bridgehead atoms. The minimum atomic E-state index is -3.66. The summed E-state index contributed by atoms with van der Waals surface area (Å²) in [6, 6.07) is 2.93. The second kappa shape index (κ2) is 2.68. The number of nitrogens with zero attached hydrogens (tertiary/aromatic N) is 2. The third-order valence-electron chi connectivity index (χ3n) is 1.47. The third-order valence-corrected chi connectivity index (χ3v) is 3.06. The molecule has 1 aliphatic rings. The fourth-order valence-corrected chi connectivity index (χ4v) is 2.28. The van der Waals surface area contributed by atoms with Gasteiger partial charge in [0.1, 0.15) is 4.90 Å². The molecule has 1 aliphatic heterocycles. The van der Waals surface area contributed by atoms with Crippen LogP contribution >= 0.6 is 11.6 Å². The van der Waals surface area contributed by atoms with Gasteiger partial charge in [-0.15, -0.1) is 4.40 Å². The first kappa shape index (κ1) is 8.46. The lowest BCUT2D eigenvalue weighted by Crippen LogP contribution is -2.17. The predicted octanol–water partition coefficient (Wildman–Crippen LogP) is 0.791. The number of hydrogen-bond acceptors (Lipinski definition) is 4. The molecule has 68 valence electrons. The van der Waals surface area contributed by atoms with Crippen LogP contribution in [-0.4, -0.2) is 18.7 Å². The molecule has 0 amide bonds. The number of halogens is 1. The van der Waals surface area contributed by atoms with Crippen molar-refractivity contribution in [2.75, 3.05) is 5.32 Å². The highest BCUT2D eigenvalue weighted by atomic mass is 35.5. The number of anilines is 1. The molecule has 2 heterocycles.